The van der Waals surface area contributed by atoms with Gasteiger partial charge >= 0.3 is 0 Å². The molecule has 106 valence electrons. The average molecular weight is 276 g/mol. The Morgan fingerprint density at radius 1 is 1.35 bits per heavy atom. The highest BCUT2D eigenvalue weighted by Crippen LogP contribution is 2.56. The van der Waals surface area contributed by atoms with E-state index in [4.69, 9.17) is 4.74 Å². The van der Waals surface area contributed by atoms with Gasteiger partial charge in [-0.2, -0.15) is 0 Å². The number of phenols is 2. The summed E-state index contributed by atoms with van der Waals surface area (Å²) in [6.45, 7) is 3.82. The van der Waals surface area contributed by atoms with Gasteiger partial charge in [0.1, 0.15) is 23.7 Å². The van der Waals surface area contributed by atoms with Gasteiger partial charge in [-0.3, -0.25) is 4.79 Å². The van der Waals surface area contributed by atoms with Gasteiger partial charge in [-0.25, -0.2) is 0 Å². The molecule has 2 aliphatic rings. The van der Waals surface area contributed by atoms with Crippen molar-refractivity contribution in [1.29, 1.82) is 0 Å². The van der Waals surface area contributed by atoms with Gasteiger partial charge in [-0.1, -0.05) is 11.6 Å². The molecule has 0 bridgehead atoms. The number of carbonyl (C=O) groups is 1. The van der Waals surface area contributed by atoms with Crippen molar-refractivity contribution >= 4 is 5.78 Å². The van der Waals surface area contributed by atoms with Crippen molar-refractivity contribution in [3.63, 3.8) is 0 Å². The molecular formula is C15H16O5. The fraction of sp³-hybridized carbons (Fsp3) is 0.400. The molecule has 3 rings (SSSR count). The number of hydrogen-bond donors (Lipinski definition) is 3. The number of ketones is 1. The molecule has 3 N–H and O–H groups in total. The molecule has 5 heteroatoms. The third-order valence-corrected chi connectivity index (χ3v) is 3.95. The quantitative estimate of drug-likeness (QED) is 0.435. The summed E-state index contributed by atoms with van der Waals surface area (Å²) < 4.78 is 5.47. The van der Waals surface area contributed by atoms with E-state index in [2.05, 4.69) is 0 Å². The van der Waals surface area contributed by atoms with Crippen molar-refractivity contribution in [3.8, 4) is 11.5 Å². The van der Waals surface area contributed by atoms with E-state index in [1.165, 1.54) is 12.1 Å². The van der Waals surface area contributed by atoms with Crippen LogP contribution in [0, 0.1) is 0 Å². The summed E-state index contributed by atoms with van der Waals surface area (Å²) in [5.41, 5.74) is -0.0322. The van der Waals surface area contributed by atoms with Crippen LogP contribution in [0.5, 0.6) is 11.5 Å². The number of hydrogen-bond acceptors (Lipinski definition) is 5. The highest BCUT2D eigenvalue weighted by atomic mass is 16.6. The molecule has 1 aliphatic heterocycles. The average Bonchev–Trinajstić information content (AvgIpc) is 3.13. The first kappa shape index (κ1) is 13.1. The minimum Gasteiger partial charge on any atom is -0.508 e. The molecule has 1 unspecified atom stereocenters. The number of aromatic hydroxyl groups is 2. The molecule has 1 fully saturated rings. The molecule has 0 saturated carbocycles. The van der Waals surface area contributed by atoms with Gasteiger partial charge < -0.3 is 20.1 Å². The van der Waals surface area contributed by atoms with Gasteiger partial charge in [0.05, 0.1) is 5.56 Å². The lowest BCUT2D eigenvalue weighted by Gasteiger charge is -2.24. The van der Waals surface area contributed by atoms with Crippen LogP contribution in [-0.2, 0) is 4.74 Å². The number of rotatable bonds is 2. The maximum absolute atomic E-state index is 12.6. The van der Waals surface area contributed by atoms with E-state index in [-0.39, 0.29) is 28.4 Å². The molecular weight excluding hydrogens is 260 g/mol. The monoisotopic (exact) mass is 276 g/mol. The first-order chi connectivity index (χ1) is 9.38. The number of ether oxygens (including phenoxy) is 1. The first-order valence-corrected chi connectivity index (χ1v) is 6.47. The largest absolute Gasteiger partial charge is 0.508 e. The number of carbonyl (C=O) groups excluding carboxylic acids is 1. The summed E-state index contributed by atoms with van der Waals surface area (Å²) in [4.78, 5) is 12.6. The van der Waals surface area contributed by atoms with Gasteiger partial charge in [0.15, 0.2) is 5.60 Å². The minimum atomic E-state index is -1.11. The first-order valence-electron chi connectivity index (χ1n) is 6.47. The Labute approximate surface area is 116 Å². The van der Waals surface area contributed by atoms with Crippen LogP contribution in [-0.4, -0.2) is 32.8 Å². The molecule has 0 spiro atoms. The number of benzene rings is 1. The molecule has 1 heterocycles. The second-order valence-corrected chi connectivity index (χ2v) is 5.58. The van der Waals surface area contributed by atoms with E-state index in [1.807, 2.05) is 19.9 Å². The molecule has 0 amide bonds. The van der Waals surface area contributed by atoms with Crippen molar-refractivity contribution < 1.29 is 24.9 Å². The van der Waals surface area contributed by atoms with Crippen LogP contribution in [0.15, 0.2) is 23.8 Å². The Kier molecular flexibility index (Phi) is 2.68. The molecule has 5 nitrogen and oxygen atoms in total. The fourth-order valence-corrected chi connectivity index (χ4v) is 2.81. The summed E-state index contributed by atoms with van der Waals surface area (Å²) >= 11 is 0. The fourth-order valence-electron chi connectivity index (χ4n) is 2.81. The van der Waals surface area contributed by atoms with Crippen LogP contribution in [0.4, 0.5) is 0 Å². The molecule has 1 saturated heterocycles. The van der Waals surface area contributed by atoms with Crippen molar-refractivity contribution in [2.24, 2.45) is 0 Å². The summed E-state index contributed by atoms with van der Waals surface area (Å²) in [5, 5.41) is 30.0. The summed E-state index contributed by atoms with van der Waals surface area (Å²) in [7, 11) is 0. The Balaban J connectivity index is 2.10. The number of aliphatic hydroxyl groups is 1. The SMILES string of the molecule is CC(C)=CC[C@@]12O[C@@H]1C(O)c1c(O)ccc(O)c1C2=O. The molecule has 20 heavy (non-hydrogen) atoms. The molecule has 1 aromatic carbocycles. The second kappa shape index (κ2) is 4.07. The minimum absolute atomic E-state index is 0.0339. The van der Waals surface area contributed by atoms with Crippen LogP contribution in [0.25, 0.3) is 0 Å². The lowest BCUT2D eigenvalue weighted by Crippen LogP contribution is -2.35. The van der Waals surface area contributed by atoms with E-state index >= 15 is 0 Å². The Morgan fingerprint density at radius 2 is 2.00 bits per heavy atom. The number of phenolic OH excluding ortho intramolecular Hbond substituents is 2. The third kappa shape index (κ3) is 1.60. The van der Waals surface area contributed by atoms with Crippen LogP contribution >= 0.6 is 0 Å². The van der Waals surface area contributed by atoms with E-state index in [0.717, 1.165) is 5.57 Å². The van der Waals surface area contributed by atoms with E-state index in [9.17, 15) is 20.1 Å². The summed E-state index contributed by atoms with van der Waals surface area (Å²) in [5.74, 6) is -0.828. The van der Waals surface area contributed by atoms with E-state index < -0.39 is 17.8 Å². The van der Waals surface area contributed by atoms with Gasteiger partial charge in [0.25, 0.3) is 0 Å². The highest BCUT2D eigenvalue weighted by Gasteiger charge is 2.68. The molecule has 1 aliphatic carbocycles. The Bertz CT molecular complexity index is 629. The Morgan fingerprint density at radius 3 is 2.65 bits per heavy atom. The topological polar surface area (TPSA) is 90.3 Å². The van der Waals surface area contributed by atoms with E-state index in [1.54, 1.807) is 0 Å². The van der Waals surface area contributed by atoms with Crippen LogP contribution in [0.3, 0.4) is 0 Å². The number of fused-ring (bicyclic) bond motifs is 2. The summed E-state index contributed by atoms with van der Waals surface area (Å²) in [6.07, 6.45) is 0.450. The zero-order chi connectivity index (χ0) is 14.7. The lowest BCUT2D eigenvalue weighted by atomic mass is 9.78. The smallest absolute Gasteiger partial charge is 0.202 e. The summed E-state index contributed by atoms with van der Waals surface area (Å²) in [6, 6.07) is 2.51. The number of aliphatic hydroxyl groups excluding tert-OH is 1. The predicted molar refractivity (Wildman–Crippen MR) is 70.7 cm³/mol. The third-order valence-electron chi connectivity index (χ3n) is 3.95. The lowest BCUT2D eigenvalue weighted by molar-refractivity contribution is 0.0856. The van der Waals surface area contributed by atoms with Crippen molar-refractivity contribution in [2.45, 2.75) is 38.1 Å². The molecule has 0 aromatic heterocycles. The van der Waals surface area contributed by atoms with Crippen LogP contribution < -0.4 is 0 Å². The van der Waals surface area contributed by atoms with Crippen LogP contribution in [0.1, 0.15) is 42.3 Å². The van der Waals surface area contributed by atoms with Crippen LogP contribution in [0.2, 0.25) is 0 Å². The zero-order valence-corrected chi connectivity index (χ0v) is 11.3. The van der Waals surface area contributed by atoms with Crippen molar-refractivity contribution in [3.05, 3.63) is 34.9 Å². The molecule has 3 atom stereocenters. The van der Waals surface area contributed by atoms with Gasteiger partial charge in [0.2, 0.25) is 5.78 Å². The van der Waals surface area contributed by atoms with Crippen molar-refractivity contribution in [2.75, 3.05) is 0 Å². The predicted octanol–water partition coefficient (Wildman–Crippen LogP) is 1.82. The van der Waals surface area contributed by atoms with Crippen molar-refractivity contribution in [1.82, 2.24) is 0 Å². The number of Topliss-reactive ketones (excluding diaryl/α,β-unsaturated/α-hetero) is 1. The second-order valence-electron chi connectivity index (χ2n) is 5.58. The van der Waals surface area contributed by atoms with Gasteiger partial charge in [-0.05, 0) is 26.0 Å². The van der Waals surface area contributed by atoms with Gasteiger partial charge in [0, 0.05) is 12.0 Å². The zero-order valence-electron chi connectivity index (χ0n) is 11.3. The maximum atomic E-state index is 12.6. The number of allylic oxidation sites excluding steroid dienone is 1. The van der Waals surface area contributed by atoms with E-state index in [0.29, 0.717) is 6.42 Å². The normalized spacial score (nSPS) is 30.4. The Hall–Kier alpha value is -1.85. The van der Waals surface area contributed by atoms with Gasteiger partial charge in [-0.15, -0.1) is 0 Å². The maximum Gasteiger partial charge on any atom is 0.202 e. The molecule has 1 aromatic rings. The highest BCUT2D eigenvalue weighted by molar-refractivity contribution is 6.10. The number of epoxide rings is 1. The molecule has 0 radical (unpaired) electrons. The standard InChI is InChI=1S/C15H16O5/c1-7(2)5-6-15-13(19)11-9(17)4-3-8(16)10(11)12(18)14(15)20-15/h3-5,12,14,16-18H,6H2,1-2H3/t12?,14-,15+/m1/s1.